The van der Waals surface area contributed by atoms with E-state index in [1.54, 1.807) is 0 Å². The first kappa shape index (κ1) is 11.0. The highest BCUT2D eigenvalue weighted by Gasteiger charge is 2.41. The number of allylic oxidation sites excluding steroid dienone is 1. The van der Waals surface area contributed by atoms with E-state index in [1.165, 1.54) is 0 Å². The highest BCUT2D eigenvalue weighted by Crippen LogP contribution is 2.38. The Hall–Kier alpha value is -1.13. The van der Waals surface area contributed by atoms with Crippen LogP contribution in [0.25, 0.3) is 0 Å². The van der Waals surface area contributed by atoms with Crippen molar-refractivity contribution in [3.63, 3.8) is 0 Å². The summed E-state index contributed by atoms with van der Waals surface area (Å²) >= 11 is 0. The molecule has 92 valence electrons. The van der Waals surface area contributed by atoms with Crippen LogP contribution in [0.4, 0.5) is 0 Å². The van der Waals surface area contributed by atoms with Crippen molar-refractivity contribution in [1.82, 2.24) is 0 Å². The van der Waals surface area contributed by atoms with Gasteiger partial charge in [0.05, 0.1) is 18.8 Å². The normalized spacial score (nSPS) is 33.2. The van der Waals surface area contributed by atoms with Crippen LogP contribution in [0.1, 0.15) is 19.8 Å². The largest absolute Gasteiger partial charge is 0.458 e. The molecule has 0 N–H and O–H groups in total. The van der Waals surface area contributed by atoms with Gasteiger partial charge in [0.2, 0.25) is 0 Å². The number of carbonyl (C=O) groups is 1. The zero-order valence-corrected chi connectivity index (χ0v) is 9.90. The topological polar surface area (TPSA) is 44.8 Å². The van der Waals surface area contributed by atoms with Crippen LogP contribution in [0.5, 0.6) is 0 Å². The number of carbonyl (C=O) groups excluding carboxylic acids is 1. The minimum absolute atomic E-state index is 0.224. The average Bonchev–Trinajstić information content (AvgIpc) is 2.84. The zero-order valence-electron chi connectivity index (χ0n) is 9.90. The molecule has 0 aromatic rings. The molecule has 1 aliphatic carbocycles. The summed E-state index contributed by atoms with van der Waals surface area (Å²) in [5, 5.41) is 0. The number of hydrogen-bond donors (Lipinski definition) is 0. The maximum Gasteiger partial charge on any atom is 0.338 e. The highest BCUT2D eigenvalue weighted by atomic mass is 16.7. The molecule has 1 saturated heterocycles. The van der Waals surface area contributed by atoms with Crippen molar-refractivity contribution in [2.45, 2.75) is 25.6 Å². The molecule has 4 nitrogen and oxygen atoms in total. The Morgan fingerprint density at radius 1 is 1.35 bits per heavy atom. The maximum atomic E-state index is 11.6. The molecule has 1 atom stereocenters. The Labute approximate surface area is 100 Å². The van der Waals surface area contributed by atoms with Gasteiger partial charge in [-0.2, -0.15) is 0 Å². The first-order valence-corrected chi connectivity index (χ1v) is 6.04. The molecule has 0 amide bonds. The van der Waals surface area contributed by atoms with E-state index >= 15 is 0 Å². The SMILES string of the molecule is C[C@@H]1/C=C\C2=C(COC2=O)CC2(C1)OCCO2. The van der Waals surface area contributed by atoms with Gasteiger partial charge >= 0.3 is 5.97 Å². The van der Waals surface area contributed by atoms with E-state index in [0.717, 1.165) is 12.0 Å². The van der Waals surface area contributed by atoms with Crippen LogP contribution in [-0.2, 0) is 19.0 Å². The van der Waals surface area contributed by atoms with Crippen LogP contribution in [0, 0.1) is 5.92 Å². The Kier molecular flexibility index (Phi) is 2.56. The molecule has 0 unspecified atom stereocenters. The molecular weight excluding hydrogens is 220 g/mol. The van der Waals surface area contributed by atoms with Gasteiger partial charge in [-0.05, 0) is 11.5 Å². The standard InChI is InChI=1S/C13H16O4/c1-9-2-3-11-10(8-15-12(11)14)7-13(6-9)16-4-5-17-13/h2-3,9H,4-8H2,1H3/b3-2-/t9-/m1/s1. The number of esters is 1. The molecule has 0 radical (unpaired) electrons. The van der Waals surface area contributed by atoms with E-state index in [4.69, 9.17) is 14.2 Å². The minimum Gasteiger partial charge on any atom is -0.458 e. The summed E-state index contributed by atoms with van der Waals surface area (Å²) in [7, 11) is 0. The van der Waals surface area contributed by atoms with Gasteiger partial charge in [-0.3, -0.25) is 0 Å². The fraction of sp³-hybridized carbons (Fsp3) is 0.615. The molecule has 4 heteroatoms. The molecule has 17 heavy (non-hydrogen) atoms. The van der Waals surface area contributed by atoms with Gasteiger partial charge in [-0.15, -0.1) is 0 Å². The lowest BCUT2D eigenvalue weighted by Gasteiger charge is -2.30. The summed E-state index contributed by atoms with van der Waals surface area (Å²) in [6.45, 7) is 3.75. The van der Waals surface area contributed by atoms with Gasteiger partial charge in [0.15, 0.2) is 5.79 Å². The fourth-order valence-corrected chi connectivity index (χ4v) is 2.72. The summed E-state index contributed by atoms with van der Waals surface area (Å²) in [5.74, 6) is -0.437. The van der Waals surface area contributed by atoms with Crippen molar-refractivity contribution < 1.29 is 19.0 Å². The van der Waals surface area contributed by atoms with Crippen molar-refractivity contribution in [2.24, 2.45) is 5.92 Å². The predicted molar refractivity (Wildman–Crippen MR) is 60.2 cm³/mol. The number of ether oxygens (including phenoxy) is 3. The third kappa shape index (κ3) is 1.91. The molecule has 0 aromatic heterocycles. The predicted octanol–water partition coefficient (Wildman–Crippen LogP) is 1.57. The van der Waals surface area contributed by atoms with Crippen molar-refractivity contribution in [2.75, 3.05) is 19.8 Å². The third-order valence-electron chi connectivity index (χ3n) is 3.50. The van der Waals surface area contributed by atoms with Crippen LogP contribution in [-0.4, -0.2) is 31.6 Å². The zero-order chi connectivity index (χ0) is 11.9. The Morgan fingerprint density at radius 3 is 2.88 bits per heavy atom. The second-order valence-electron chi connectivity index (χ2n) is 4.92. The minimum atomic E-state index is -0.543. The molecule has 1 fully saturated rings. The summed E-state index contributed by atoms with van der Waals surface area (Å²) in [5.41, 5.74) is 1.69. The fourth-order valence-electron chi connectivity index (χ4n) is 2.72. The van der Waals surface area contributed by atoms with Gasteiger partial charge < -0.3 is 14.2 Å². The van der Waals surface area contributed by atoms with Gasteiger partial charge in [0.25, 0.3) is 0 Å². The first-order valence-electron chi connectivity index (χ1n) is 6.04. The van der Waals surface area contributed by atoms with E-state index in [1.807, 2.05) is 12.2 Å². The van der Waals surface area contributed by atoms with E-state index < -0.39 is 5.79 Å². The van der Waals surface area contributed by atoms with Gasteiger partial charge in [-0.1, -0.05) is 19.1 Å². The van der Waals surface area contributed by atoms with Crippen LogP contribution < -0.4 is 0 Å². The van der Waals surface area contributed by atoms with Gasteiger partial charge in [-0.25, -0.2) is 4.79 Å². The van der Waals surface area contributed by atoms with E-state index in [0.29, 0.717) is 37.7 Å². The molecule has 3 rings (SSSR count). The molecule has 2 aliphatic heterocycles. The number of cyclic esters (lactones) is 1. The Bertz CT molecular complexity index is 402. The second-order valence-corrected chi connectivity index (χ2v) is 4.92. The summed E-state index contributed by atoms with van der Waals surface area (Å²) in [6.07, 6.45) is 5.39. The number of hydrogen-bond acceptors (Lipinski definition) is 4. The van der Waals surface area contributed by atoms with E-state index in [2.05, 4.69) is 6.92 Å². The summed E-state index contributed by atoms with van der Waals surface area (Å²) < 4.78 is 16.6. The molecule has 0 saturated carbocycles. The maximum absolute atomic E-state index is 11.6. The molecule has 1 spiro atoms. The summed E-state index contributed by atoms with van der Waals surface area (Å²) in [6, 6.07) is 0. The lowest BCUT2D eigenvalue weighted by Crippen LogP contribution is -2.33. The van der Waals surface area contributed by atoms with Gasteiger partial charge in [0.1, 0.15) is 6.61 Å². The van der Waals surface area contributed by atoms with Crippen LogP contribution in [0.2, 0.25) is 0 Å². The third-order valence-corrected chi connectivity index (χ3v) is 3.50. The van der Waals surface area contributed by atoms with E-state index in [-0.39, 0.29) is 5.97 Å². The molecular formula is C13H16O4. The Morgan fingerprint density at radius 2 is 2.12 bits per heavy atom. The molecule has 0 bridgehead atoms. The lowest BCUT2D eigenvalue weighted by atomic mass is 9.90. The van der Waals surface area contributed by atoms with Crippen LogP contribution in [0.15, 0.2) is 23.3 Å². The quantitative estimate of drug-likeness (QED) is 0.599. The molecule has 3 aliphatic rings. The monoisotopic (exact) mass is 236 g/mol. The van der Waals surface area contributed by atoms with Crippen molar-refractivity contribution in [3.8, 4) is 0 Å². The van der Waals surface area contributed by atoms with Crippen LogP contribution in [0.3, 0.4) is 0 Å². The smallest absolute Gasteiger partial charge is 0.338 e. The lowest BCUT2D eigenvalue weighted by molar-refractivity contribution is -0.166. The number of rotatable bonds is 0. The van der Waals surface area contributed by atoms with Crippen molar-refractivity contribution >= 4 is 5.97 Å². The van der Waals surface area contributed by atoms with Crippen molar-refractivity contribution in [3.05, 3.63) is 23.3 Å². The summed E-state index contributed by atoms with van der Waals surface area (Å²) in [4.78, 5) is 11.6. The first-order chi connectivity index (χ1) is 8.19. The molecule has 2 heterocycles. The van der Waals surface area contributed by atoms with Crippen molar-refractivity contribution in [1.29, 1.82) is 0 Å². The van der Waals surface area contributed by atoms with Gasteiger partial charge in [0, 0.05) is 12.8 Å². The van der Waals surface area contributed by atoms with E-state index in [9.17, 15) is 4.79 Å². The second kappa shape index (κ2) is 3.96. The highest BCUT2D eigenvalue weighted by molar-refractivity contribution is 5.94. The molecule has 0 aromatic carbocycles. The average molecular weight is 236 g/mol. The van der Waals surface area contributed by atoms with Crippen LogP contribution >= 0.6 is 0 Å². The Balaban J connectivity index is 1.96.